The minimum absolute atomic E-state index is 0.111. The summed E-state index contributed by atoms with van der Waals surface area (Å²) >= 11 is 0. The molecule has 55 heavy (non-hydrogen) atoms. The fourth-order valence-corrected chi connectivity index (χ4v) is 5.96. The summed E-state index contributed by atoms with van der Waals surface area (Å²) in [6, 6.07) is 0. The first-order chi connectivity index (χ1) is 26.8. The van der Waals surface area contributed by atoms with Gasteiger partial charge < -0.3 is 39.4 Å². The van der Waals surface area contributed by atoms with Crippen LogP contribution in [0.5, 0.6) is 0 Å². The minimum atomic E-state index is -1.61. The quantitative estimate of drug-likeness (QED) is 0.0284. The minimum Gasteiger partial charge on any atom is -0.462 e. The standard InChI is InChI=1S/C45H76O10/c1-3-5-7-9-11-13-15-17-18-19-20-22-23-25-27-29-31-33-40(47)52-36-38(37-53-45-44(51)43(50)42(49)39(35-46)55-45)54-41(48)34-32-30-28-26-24-21-16-14-12-10-8-6-4-2/h17-18,20-22,24-25,27-28,30,38-39,42-46,49-51H,3-16,19,23,26,29,31-37H2,1-2H3/b18-17+,22-20+,24-21+,27-25+,30-28+/t38?,39-,42+,43?,44?,45-/m0/s1. The van der Waals surface area contributed by atoms with E-state index in [9.17, 15) is 30.0 Å². The van der Waals surface area contributed by atoms with Gasteiger partial charge in [-0.1, -0.05) is 139 Å². The van der Waals surface area contributed by atoms with Gasteiger partial charge in [0.05, 0.1) is 13.2 Å². The highest BCUT2D eigenvalue weighted by atomic mass is 16.7. The van der Waals surface area contributed by atoms with Crippen LogP contribution in [-0.2, 0) is 28.5 Å². The second-order valence-electron chi connectivity index (χ2n) is 14.4. The lowest BCUT2D eigenvalue weighted by Crippen LogP contribution is -2.59. The summed E-state index contributed by atoms with van der Waals surface area (Å²) in [6.45, 7) is 3.28. The fourth-order valence-electron chi connectivity index (χ4n) is 5.96. The van der Waals surface area contributed by atoms with Crippen LogP contribution >= 0.6 is 0 Å². The average Bonchev–Trinajstić information content (AvgIpc) is 3.18. The largest absolute Gasteiger partial charge is 0.462 e. The van der Waals surface area contributed by atoms with Crippen molar-refractivity contribution in [3.05, 3.63) is 60.8 Å². The van der Waals surface area contributed by atoms with Gasteiger partial charge in [0.15, 0.2) is 12.4 Å². The number of unbranched alkanes of at least 4 members (excludes halogenated alkanes) is 13. The molecule has 0 amide bonds. The lowest BCUT2D eigenvalue weighted by Gasteiger charge is -2.39. The lowest BCUT2D eigenvalue weighted by molar-refractivity contribution is -0.305. The van der Waals surface area contributed by atoms with E-state index < -0.39 is 55.4 Å². The molecule has 0 radical (unpaired) electrons. The van der Waals surface area contributed by atoms with Gasteiger partial charge in [0.1, 0.15) is 31.0 Å². The van der Waals surface area contributed by atoms with E-state index in [0.29, 0.717) is 12.8 Å². The Morgan fingerprint density at radius 2 is 1.05 bits per heavy atom. The second kappa shape index (κ2) is 35.8. The molecule has 0 aromatic heterocycles. The van der Waals surface area contributed by atoms with Crippen molar-refractivity contribution in [1.29, 1.82) is 0 Å². The molecule has 6 atom stereocenters. The van der Waals surface area contributed by atoms with Crippen LogP contribution in [0, 0.1) is 0 Å². The number of carbonyl (C=O) groups excluding carboxylic acids is 2. The van der Waals surface area contributed by atoms with Crippen LogP contribution in [0.2, 0.25) is 0 Å². The molecule has 1 fully saturated rings. The normalized spacial score (nSPS) is 21.2. The zero-order valence-corrected chi connectivity index (χ0v) is 34.2. The molecule has 4 N–H and O–H groups in total. The van der Waals surface area contributed by atoms with Crippen molar-refractivity contribution in [2.24, 2.45) is 0 Å². The van der Waals surface area contributed by atoms with Crippen molar-refractivity contribution in [2.75, 3.05) is 19.8 Å². The lowest BCUT2D eigenvalue weighted by atomic mass is 9.99. The number of allylic oxidation sites excluding steroid dienone is 10. The number of carbonyl (C=O) groups is 2. The van der Waals surface area contributed by atoms with Gasteiger partial charge >= 0.3 is 11.9 Å². The first-order valence-corrected chi connectivity index (χ1v) is 21.4. The van der Waals surface area contributed by atoms with Crippen LogP contribution in [0.4, 0.5) is 0 Å². The maximum atomic E-state index is 12.7. The molecule has 1 heterocycles. The smallest absolute Gasteiger partial charge is 0.306 e. The first-order valence-electron chi connectivity index (χ1n) is 21.4. The van der Waals surface area contributed by atoms with Crippen molar-refractivity contribution in [3.8, 4) is 0 Å². The molecule has 0 aromatic rings. The van der Waals surface area contributed by atoms with Crippen molar-refractivity contribution in [3.63, 3.8) is 0 Å². The molecular weight excluding hydrogens is 700 g/mol. The van der Waals surface area contributed by atoms with E-state index in [1.165, 1.54) is 77.0 Å². The average molecular weight is 777 g/mol. The van der Waals surface area contributed by atoms with E-state index in [0.717, 1.165) is 38.5 Å². The second-order valence-corrected chi connectivity index (χ2v) is 14.4. The Morgan fingerprint density at radius 1 is 0.564 bits per heavy atom. The topological polar surface area (TPSA) is 152 Å². The highest BCUT2D eigenvalue weighted by molar-refractivity contribution is 5.70. The van der Waals surface area contributed by atoms with E-state index in [-0.39, 0.29) is 26.1 Å². The van der Waals surface area contributed by atoms with Gasteiger partial charge in [-0.2, -0.15) is 0 Å². The zero-order valence-electron chi connectivity index (χ0n) is 34.2. The van der Waals surface area contributed by atoms with Crippen molar-refractivity contribution >= 4 is 11.9 Å². The van der Waals surface area contributed by atoms with Crippen LogP contribution in [0.15, 0.2) is 60.8 Å². The Bertz CT molecular complexity index is 1080. The highest BCUT2D eigenvalue weighted by Gasteiger charge is 2.44. The SMILES string of the molecule is CCCCCCCC/C=C/C/C=C/C/C=C/CCCC(=O)OCC(CO[C@H]1O[C@@H](CO)[C@@H](O)C(O)C1O)OC(=O)CC/C=C/C/C=C/CCCCCCCC. The van der Waals surface area contributed by atoms with E-state index >= 15 is 0 Å². The van der Waals surface area contributed by atoms with Gasteiger partial charge in [-0.25, -0.2) is 0 Å². The monoisotopic (exact) mass is 777 g/mol. The Hall–Kier alpha value is -2.60. The molecule has 1 aliphatic heterocycles. The van der Waals surface area contributed by atoms with E-state index in [4.69, 9.17) is 18.9 Å². The maximum Gasteiger partial charge on any atom is 0.306 e. The van der Waals surface area contributed by atoms with Crippen LogP contribution < -0.4 is 0 Å². The van der Waals surface area contributed by atoms with Crippen LogP contribution in [0.25, 0.3) is 0 Å². The molecule has 10 nitrogen and oxygen atoms in total. The molecule has 1 aliphatic rings. The van der Waals surface area contributed by atoms with E-state index in [1.54, 1.807) is 0 Å². The summed E-state index contributed by atoms with van der Waals surface area (Å²) < 4.78 is 22.0. The first kappa shape index (κ1) is 50.4. The van der Waals surface area contributed by atoms with Gasteiger partial charge in [0.2, 0.25) is 0 Å². The third-order valence-electron chi connectivity index (χ3n) is 9.39. The number of esters is 2. The molecule has 1 rings (SSSR count). The highest BCUT2D eigenvalue weighted by Crippen LogP contribution is 2.22. The molecule has 10 heteroatoms. The Kier molecular flexibility index (Phi) is 32.8. The maximum absolute atomic E-state index is 12.7. The van der Waals surface area contributed by atoms with Crippen molar-refractivity contribution in [1.82, 2.24) is 0 Å². The molecule has 316 valence electrons. The molecule has 0 saturated carbocycles. The number of ether oxygens (including phenoxy) is 4. The molecule has 0 spiro atoms. The van der Waals surface area contributed by atoms with Gasteiger partial charge in [0, 0.05) is 12.8 Å². The predicted molar refractivity (Wildman–Crippen MR) is 219 cm³/mol. The molecule has 0 bridgehead atoms. The van der Waals surface area contributed by atoms with Gasteiger partial charge in [-0.05, 0) is 64.2 Å². The number of aliphatic hydroxyl groups excluding tert-OH is 4. The molecule has 3 unspecified atom stereocenters. The number of rotatable bonds is 34. The number of hydrogen-bond donors (Lipinski definition) is 4. The molecule has 0 aliphatic carbocycles. The van der Waals surface area contributed by atoms with Crippen molar-refractivity contribution < 1.29 is 49.0 Å². The molecular formula is C45H76O10. The van der Waals surface area contributed by atoms with Gasteiger partial charge in [0.25, 0.3) is 0 Å². The van der Waals surface area contributed by atoms with Crippen LogP contribution in [0.1, 0.15) is 155 Å². The molecule has 0 aromatic carbocycles. The third kappa shape index (κ3) is 27.6. The van der Waals surface area contributed by atoms with E-state index in [2.05, 4.69) is 56.4 Å². The van der Waals surface area contributed by atoms with Crippen LogP contribution in [0.3, 0.4) is 0 Å². The number of hydrogen-bond acceptors (Lipinski definition) is 10. The summed E-state index contributed by atoms with van der Waals surface area (Å²) in [4.78, 5) is 25.2. The van der Waals surface area contributed by atoms with E-state index in [1.807, 2.05) is 18.2 Å². The predicted octanol–water partition coefficient (Wildman–Crippen LogP) is 8.66. The Labute approximate surface area is 332 Å². The Balaban J connectivity index is 2.43. The molecule has 1 saturated heterocycles. The summed E-state index contributed by atoms with van der Waals surface area (Å²) in [5, 5.41) is 40.0. The summed E-state index contributed by atoms with van der Waals surface area (Å²) in [6.07, 6.45) is 35.4. The van der Waals surface area contributed by atoms with Gasteiger partial charge in [-0.15, -0.1) is 0 Å². The fraction of sp³-hybridized carbons (Fsp3) is 0.733. The third-order valence-corrected chi connectivity index (χ3v) is 9.39. The zero-order chi connectivity index (χ0) is 40.2. The summed E-state index contributed by atoms with van der Waals surface area (Å²) in [5.74, 6) is -0.951. The Morgan fingerprint density at radius 3 is 1.60 bits per heavy atom. The van der Waals surface area contributed by atoms with Crippen LogP contribution in [-0.4, -0.2) is 89.0 Å². The number of aliphatic hydroxyl groups is 4. The summed E-state index contributed by atoms with van der Waals surface area (Å²) in [7, 11) is 0. The van der Waals surface area contributed by atoms with Crippen molar-refractivity contribution in [2.45, 2.75) is 192 Å². The summed E-state index contributed by atoms with van der Waals surface area (Å²) in [5.41, 5.74) is 0. The van der Waals surface area contributed by atoms with Gasteiger partial charge in [-0.3, -0.25) is 9.59 Å².